The molecule has 1 rings (SSSR count). The molecule has 0 unspecified atom stereocenters. The van der Waals surface area contributed by atoms with Crippen LogP contribution in [0.2, 0.25) is 0 Å². The fourth-order valence-electron chi connectivity index (χ4n) is 1.21. The van der Waals surface area contributed by atoms with E-state index in [2.05, 4.69) is 15.0 Å². The topological polar surface area (TPSA) is 72.6 Å². The standard InChI is InChI=1S/C10H18N5O3.F6P/c1-14(2)10(15(3)4)18-9-12-7(16-5)11-8(13-9)17-6;1-7(2,3,4,5)6/h1-6H3;/q+1;-1. The number of nitrogens with zero attached hydrogens (tertiary/aromatic N) is 5. The molecule has 0 fully saturated rings. The summed E-state index contributed by atoms with van der Waals surface area (Å²) in [5, 5.41) is 0. The van der Waals surface area contributed by atoms with Crippen LogP contribution in [-0.4, -0.2) is 72.9 Å². The van der Waals surface area contributed by atoms with E-state index in [1.165, 1.54) is 14.2 Å². The number of amidine groups is 1. The van der Waals surface area contributed by atoms with Gasteiger partial charge in [-0.05, 0) is 0 Å². The summed E-state index contributed by atoms with van der Waals surface area (Å²) >= 11 is 0. The van der Waals surface area contributed by atoms with Gasteiger partial charge in [-0.1, -0.05) is 0 Å². The molecule has 0 aliphatic heterocycles. The van der Waals surface area contributed by atoms with Gasteiger partial charge >= 0.3 is 57.0 Å². The van der Waals surface area contributed by atoms with Crippen molar-refractivity contribution in [1.29, 1.82) is 0 Å². The van der Waals surface area contributed by atoms with Crippen molar-refractivity contribution in [1.82, 2.24) is 19.9 Å². The third-order valence-corrected chi connectivity index (χ3v) is 1.89. The molecule has 8 nitrogen and oxygen atoms in total. The van der Waals surface area contributed by atoms with Crippen molar-refractivity contribution in [3.63, 3.8) is 0 Å². The Morgan fingerprint density at radius 1 is 0.840 bits per heavy atom. The second kappa shape index (κ2) is 7.02. The van der Waals surface area contributed by atoms with Gasteiger partial charge in [-0.25, -0.2) is 9.48 Å². The van der Waals surface area contributed by atoms with Crippen LogP contribution in [0.15, 0.2) is 0 Å². The summed E-state index contributed by atoms with van der Waals surface area (Å²) < 4.78 is 76.4. The van der Waals surface area contributed by atoms with Crippen LogP contribution in [0.25, 0.3) is 0 Å². The third-order valence-electron chi connectivity index (χ3n) is 1.89. The summed E-state index contributed by atoms with van der Waals surface area (Å²) in [6.07, 6.45) is 0. The molecule has 1 aromatic heterocycles. The molecule has 0 saturated heterocycles. The van der Waals surface area contributed by atoms with Gasteiger partial charge in [0.15, 0.2) is 0 Å². The molecule has 0 aliphatic rings. The molecule has 0 aromatic carbocycles. The van der Waals surface area contributed by atoms with E-state index < -0.39 is 7.81 Å². The molecule has 25 heavy (non-hydrogen) atoms. The summed E-state index contributed by atoms with van der Waals surface area (Å²) in [6.45, 7) is 0. The molecule has 0 atom stereocenters. The van der Waals surface area contributed by atoms with Gasteiger partial charge in [0.1, 0.15) is 0 Å². The van der Waals surface area contributed by atoms with Crippen LogP contribution in [0.3, 0.4) is 0 Å². The van der Waals surface area contributed by atoms with Crippen molar-refractivity contribution < 1.29 is 44.0 Å². The van der Waals surface area contributed by atoms with Crippen LogP contribution in [0.4, 0.5) is 25.2 Å². The second-order valence-electron chi connectivity index (χ2n) is 4.72. The van der Waals surface area contributed by atoms with Crippen molar-refractivity contribution >= 4 is 13.8 Å². The molecule has 1 heterocycles. The average molecular weight is 401 g/mol. The third kappa shape index (κ3) is 12.9. The number of rotatable bonds is 3. The summed E-state index contributed by atoms with van der Waals surface area (Å²) in [4.78, 5) is 13.6. The zero-order chi connectivity index (χ0) is 20.1. The van der Waals surface area contributed by atoms with Crippen LogP contribution >= 0.6 is 7.81 Å². The molecule has 1 aromatic rings. The van der Waals surface area contributed by atoms with E-state index in [-0.39, 0.29) is 18.0 Å². The fraction of sp³-hybridized carbons (Fsp3) is 0.600. The van der Waals surface area contributed by atoms with E-state index in [0.717, 1.165) is 0 Å². The molecule has 0 radical (unpaired) electrons. The van der Waals surface area contributed by atoms with Gasteiger partial charge in [-0.2, -0.15) is 0 Å². The monoisotopic (exact) mass is 401 g/mol. The molecule has 0 saturated carbocycles. The second-order valence-corrected chi connectivity index (χ2v) is 6.64. The average Bonchev–Trinajstić information content (AvgIpc) is 2.40. The van der Waals surface area contributed by atoms with Crippen molar-refractivity contribution in [2.24, 2.45) is 0 Å². The fourth-order valence-corrected chi connectivity index (χ4v) is 1.21. The van der Waals surface area contributed by atoms with Gasteiger partial charge in [-0.15, -0.1) is 15.0 Å². The Kier molecular flexibility index (Phi) is 6.43. The Morgan fingerprint density at radius 2 is 1.16 bits per heavy atom. The van der Waals surface area contributed by atoms with Crippen LogP contribution in [-0.2, 0) is 0 Å². The van der Waals surface area contributed by atoms with Crippen molar-refractivity contribution in [3.05, 3.63) is 0 Å². The molecule has 0 bridgehead atoms. The zero-order valence-corrected chi connectivity index (χ0v) is 15.1. The first-order valence-corrected chi connectivity index (χ1v) is 8.25. The maximum absolute atomic E-state index is 10.7. The Balaban J connectivity index is 0.000000697. The molecule has 15 heteroatoms. The van der Waals surface area contributed by atoms with Crippen molar-refractivity contribution in [3.8, 4) is 18.0 Å². The van der Waals surface area contributed by atoms with Crippen molar-refractivity contribution in [2.75, 3.05) is 42.4 Å². The van der Waals surface area contributed by atoms with Crippen LogP contribution in [0, 0.1) is 0 Å². The molecule has 0 aliphatic carbocycles. The number of ether oxygens (including phenoxy) is 3. The van der Waals surface area contributed by atoms with E-state index in [4.69, 9.17) is 14.2 Å². The number of aromatic nitrogens is 3. The Hall–Kier alpha value is -2.11. The molecule has 0 spiro atoms. The predicted octanol–water partition coefficient (Wildman–Crippen LogP) is 2.84. The van der Waals surface area contributed by atoms with E-state index >= 15 is 0 Å². The van der Waals surface area contributed by atoms with E-state index in [9.17, 15) is 25.2 Å². The molecular weight excluding hydrogens is 383 g/mol. The van der Waals surface area contributed by atoms with E-state index in [0.29, 0.717) is 6.02 Å². The zero-order valence-electron chi connectivity index (χ0n) is 14.2. The van der Waals surface area contributed by atoms with Crippen LogP contribution < -0.4 is 14.2 Å². The first kappa shape index (κ1) is 22.9. The summed E-state index contributed by atoms with van der Waals surface area (Å²) in [5.74, 6) is 0. The Bertz CT molecular complexity index is 600. The van der Waals surface area contributed by atoms with Gasteiger partial charge in [0.2, 0.25) is 0 Å². The van der Waals surface area contributed by atoms with Gasteiger partial charge in [-0.3, -0.25) is 0 Å². The number of hydrogen-bond acceptors (Lipinski definition) is 6. The molecule has 0 amide bonds. The van der Waals surface area contributed by atoms with Gasteiger partial charge in [0, 0.05) is 0 Å². The molecular formula is C10H18F6N5O3P. The summed E-state index contributed by atoms with van der Waals surface area (Å²) in [7, 11) is -0.330. The predicted molar refractivity (Wildman–Crippen MR) is 77.9 cm³/mol. The summed E-state index contributed by atoms with van der Waals surface area (Å²) in [6, 6.07) is 0.948. The molecule has 0 N–H and O–H groups in total. The minimum atomic E-state index is -10.7. The van der Waals surface area contributed by atoms with Gasteiger partial charge in [0.25, 0.3) is 0 Å². The van der Waals surface area contributed by atoms with E-state index in [1.807, 2.05) is 28.2 Å². The Labute approximate surface area is 139 Å². The van der Waals surface area contributed by atoms with Crippen LogP contribution in [0.1, 0.15) is 0 Å². The number of methoxy groups -OCH3 is 2. The quantitative estimate of drug-likeness (QED) is 0.254. The molecule has 148 valence electrons. The number of halogens is 6. The normalized spacial score (nSPS) is 13.4. The summed E-state index contributed by atoms with van der Waals surface area (Å²) in [5.41, 5.74) is 0. The Morgan fingerprint density at radius 3 is 1.40 bits per heavy atom. The maximum atomic E-state index is 9.87. The first-order chi connectivity index (χ1) is 10.9. The first-order valence-electron chi connectivity index (χ1n) is 6.22. The minimum absolute atomic E-state index is 0.108. The van der Waals surface area contributed by atoms with Crippen molar-refractivity contribution in [2.45, 2.75) is 0 Å². The number of hydrogen-bond donors (Lipinski definition) is 0. The SMILES string of the molecule is COc1nc(OC)nc(OC(N(C)C)=[N+](C)C)n1.F[P-](F)(F)(F)(F)F. The van der Waals surface area contributed by atoms with Crippen LogP contribution in [0.5, 0.6) is 18.0 Å². The van der Waals surface area contributed by atoms with Gasteiger partial charge < -0.3 is 14.2 Å². The van der Waals surface area contributed by atoms with Gasteiger partial charge in [0.05, 0.1) is 42.4 Å². The van der Waals surface area contributed by atoms with E-state index in [1.54, 1.807) is 9.48 Å².